The van der Waals surface area contributed by atoms with Crippen molar-refractivity contribution >= 4 is 5.69 Å². The summed E-state index contributed by atoms with van der Waals surface area (Å²) < 4.78 is 5.87. The molecular formula is C15H17NO. The molecule has 0 heterocycles. The standard InChI is InChI=1S/C15H17NO/c1-10-5-4-6-15(12(10)3)17-13-7-8-14(16)11(2)9-13/h4-9H,16H2,1-3H3. The van der Waals surface area contributed by atoms with E-state index in [4.69, 9.17) is 10.5 Å². The van der Waals surface area contributed by atoms with Crippen LogP contribution in [0.15, 0.2) is 36.4 Å². The van der Waals surface area contributed by atoms with Crippen LogP contribution in [0.1, 0.15) is 16.7 Å². The summed E-state index contributed by atoms with van der Waals surface area (Å²) in [7, 11) is 0. The fourth-order valence-electron chi connectivity index (χ4n) is 1.67. The second-order valence-electron chi connectivity index (χ2n) is 4.32. The Morgan fingerprint density at radius 3 is 2.41 bits per heavy atom. The number of anilines is 1. The minimum absolute atomic E-state index is 0.790. The molecule has 88 valence electrons. The first-order valence-corrected chi connectivity index (χ1v) is 5.68. The van der Waals surface area contributed by atoms with Crippen molar-refractivity contribution in [3.8, 4) is 11.5 Å². The van der Waals surface area contributed by atoms with E-state index in [9.17, 15) is 0 Å². The highest BCUT2D eigenvalue weighted by atomic mass is 16.5. The van der Waals surface area contributed by atoms with Gasteiger partial charge in [-0.3, -0.25) is 0 Å². The predicted molar refractivity (Wildman–Crippen MR) is 71.6 cm³/mol. The van der Waals surface area contributed by atoms with Gasteiger partial charge in [-0.2, -0.15) is 0 Å². The van der Waals surface area contributed by atoms with Gasteiger partial charge in [-0.1, -0.05) is 12.1 Å². The maximum absolute atomic E-state index is 5.87. The van der Waals surface area contributed by atoms with Gasteiger partial charge in [-0.05, 0) is 61.7 Å². The summed E-state index contributed by atoms with van der Waals surface area (Å²) in [6.07, 6.45) is 0. The molecular weight excluding hydrogens is 210 g/mol. The number of hydrogen-bond acceptors (Lipinski definition) is 2. The lowest BCUT2D eigenvalue weighted by atomic mass is 10.1. The van der Waals surface area contributed by atoms with Crippen LogP contribution in [0, 0.1) is 20.8 Å². The van der Waals surface area contributed by atoms with Gasteiger partial charge in [0, 0.05) is 5.69 Å². The Hall–Kier alpha value is -1.96. The first kappa shape index (κ1) is 11.5. The van der Waals surface area contributed by atoms with Crippen LogP contribution < -0.4 is 10.5 Å². The first-order valence-electron chi connectivity index (χ1n) is 5.68. The first-order chi connectivity index (χ1) is 8.08. The van der Waals surface area contributed by atoms with Gasteiger partial charge in [0.05, 0.1) is 0 Å². The van der Waals surface area contributed by atoms with Crippen LogP contribution in [0.3, 0.4) is 0 Å². The lowest BCUT2D eigenvalue weighted by Gasteiger charge is -2.11. The Labute approximate surface area is 102 Å². The summed E-state index contributed by atoms with van der Waals surface area (Å²) in [5, 5.41) is 0. The molecule has 0 amide bonds. The van der Waals surface area contributed by atoms with E-state index in [1.54, 1.807) is 0 Å². The lowest BCUT2D eigenvalue weighted by molar-refractivity contribution is 0.478. The van der Waals surface area contributed by atoms with Crippen LogP contribution >= 0.6 is 0 Å². The molecule has 2 aromatic rings. The zero-order chi connectivity index (χ0) is 12.4. The fraction of sp³-hybridized carbons (Fsp3) is 0.200. The molecule has 2 N–H and O–H groups in total. The molecule has 0 aliphatic carbocycles. The molecule has 0 aromatic heterocycles. The lowest BCUT2D eigenvalue weighted by Crippen LogP contribution is -1.92. The maximum atomic E-state index is 5.87. The SMILES string of the molecule is Cc1cc(Oc2cccc(C)c2C)ccc1N. The minimum Gasteiger partial charge on any atom is -0.457 e. The van der Waals surface area contributed by atoms with Gasteiger partial charge in [0.1, 0.15) is 11.5 Å². The van der Waals surface area contributed by atoms with E-state index in [0.717, 1.165) is 22.7 Å². The van der Waals surface area contributed by atoms with Gasteiger partial charge >= 0.3 is 0 Å². The molecule has 0 aliphatic heterocycles. The van der Waals surface area contributed by atoms with Gasteiger partial charge in [0.15, 0.2) is 0 Å². The van der Waals surface area contributed by atoms with E-state index in [1.807, 2.05) is 37.3 Å². The molecule has 0 radical (unpaired) electrons. The number of nitrogens with two attached hydrogens (primary N) is 1. The van der Waals surface area contributed by atoms with E-state index < -0.39 is 0 Å². The second-order valence-corrected chi connectivity index (χ2v) is 4.32. The van der Waals surface area contributed by atoms with E-state index in [0.29, 0.717) is 0 Å². The van der Waals surface area contributed by atoms with Crippen LogP contribution in [-0.2, 0) is 0 Å². The number of rotatable bonds is 2. The van der Waals surface area contributed by atoms with Crippen LogP contribution in [0.2, 0.25) is 0 Å². The number of ether oxygens (including phenoxy) is 1. The number of hydrogen-bond donors (Lipinski definition) is 1. The highest BCUT2D eigenvalue weighted by Crippen LogP contribution is 2.28. The van der Waals surface area contributed by atoms with Crippen molar-refractivity contribution in [2.24, 2.45) is 0 Å². The van der Waals surface area contributed by atoms with E-state index in [2.05, 4.69) is 19.9 Å². The molecule has 0 atom stereocenters. The van der Waals surface area contributed by atoms with Crippen molar-refractivity contribution in [3.05, 3.63) is 53.1 Å². The Kier molecular flexibility index (Phi) is 3.05. The number of aryl methyl sites for hydroxylation is 2. The monoisotopic (exact) mass is 227 g/mol. The zero-order valence-electron chi connectivity index (χ0n) is 10.4. The van der Waals surface area contributed by atoms with Gasteiger partial charge in [-0.15, -0.1) is 0 Å². The van der Waals surface area contributed by atoms with Crippen LogP contribution in [-0.4, -0.2) is 0 Å². The summed E-state index contributed by atoms with van der Waals surface area (Å²) in [5.41, 5.74) is 10.0. The normalized spacial score (nSPS) is 10.3. The number of nitrogen functional groups attached to an aromatic ring is 1. The summed E-state index contributed by atoms with van der Waals surface area (Å²) in [4.78, 5) is 0. The smallest absolute Gasteiger partial charge is 0.130 e. The molecule has 2 aromatic carbocycles. The van der Waals surface area contributed by atoms with E-state index >= 15 is 0 Å². The largest absolute Gasteiger partial charge is 0.457 e. The highest BCUT2D eigenvalue weighted by molar-refractivity contribution is 5.51. The Morgan fingerprint density at radius 1 is 0.941 bits per heavy atom. The van der Waals surface area contributed by atoms with Crippen molar-refractivity contribution in [2.75, 3.05) is 5.73 Å². The molecule has 0 fully saturated rings. The summed E-state index contributed by atoms with van der Waals surface area (Å²) >= 11 is 0. The van der Waals surface area contributed by atoms with Crippen molar-refractivity contribution in [1.82, 2.24) is 0 Å². The molecule has 0 spiro atoms. The average molecular weight is 227 g/mol. The molecule has 2 heteroatoms. The Morgan fingerprint density at radius 2 is 1.71 bits per heavy atom. The average Bonchev–Trinajstić information content (AvgIpc) is 2.30. The molecule has 0 saturated heterocycles. The Bertz CT molecular complexity index is 547. The number of benzene rings is 2. The molecule has 2 nitrogen and oxygen atoms in total. The van der Waals surface area contributed by atoms with Crippen molar-refractivity contribution in [2.45, 2.75) is 20.8 Å². The van der Waals surface area contributed by atoms with Crippen molar-refractivity contribution < 1.29 is 4.74 Å². The van der Waals surface area contributed by atoms with Gasteiger partial charge in [-0.25, -0.2) is 0 Å². The molecule has 0 saturated carbocycles. The van der Waals surface area contributed by atoms with Crippen LogP contribution in [0.4, 0.5) is 5.69 Å². The summed E-state index contributed by atoms with van der Waals surface area (Å²) in [6, 6.07) is 11.8. The summed E-state index contributed by atoms with van der Waals surface area (Å²) in [5.74, 6) is 1.72. The summed E-state index contributed by atoms with van der Waals surface area (Å²) in [6.45, 7) is 6.12. The van der Waals surface area contributed by atoms with Crippen LogP contribution in [0.5, 0.6) is 11.5 Å². The van der Waals surface area contributed by atoms with Gasteiger partial charge in [0.25, 0.3) is 0 Å². The van der Waals surface area contributed by atoms with Crippen molar-refractivity contribution in [3.63, 3.8) is 0 Å². The maximum Gasteiger partial charge on any atom is 0.130 e. The predicted octanol–water partition coefficient (Wildman–Crippen LogP) is 3.99. The fourth-order valence-corrected chi connectivity index (χ4v) is 1.67. The Balaban J connectivity index is 2.31. The third-order valence-corrected chi connectivity index (χ3v) is 3.02. The quantitative estimate of drug-likeness (QED) is 0.787. The van der Waals surface area contributed by atoms with Crippen LogP contribution in [0.25, 0.3) is 0 Å². The highest BCUT2D eigenvalue weighted by Gasteiger charge is 2.04. The topological polar surface area (TPSA) is 35.2 Å². The molecule has 2 rings (SSSR count). The zero-order valence-corrected chi connectivity index (χ0v) is 10.4. The third-order valence-electron chi connectivity index (χ3n) is 3.02. The van der Waals surface area contributed by atoms with E-state index in [1.165, 1.54) is 11.1 Å². The third kappa shape index (κ3) is 2.41. The van der Waals surface area contributed by atoms with Crippen molar-refractivity contribution in [1.29, 1.82) is 0 Å². The van der Waals surface area contributed by atoms with E-state index in [-0.39, 0.29) is 0 Å². The molecule has 0 unspecified atom stereocenters. The molecule has 17 heavy (non-hydrogen) atoms. The molecule has 0 bridgehead atoms. The minimum atomic E-state index is 0.790. The second kappa shape index (κ2) is 4.50. The van der Waals surface area contributed by atoms with Gasteiger partial charge < -0.3 is 10.5 Å². The van der Waals surface area contributed by atoms with Gasteiger partial charge in [0.2, 0.25) is 0 Å². The molecule has 0 aliphatic rings.